The second-order valence-corrected chi connectivity index (χ2v) is 4.32. The van der Waals surface area contributed by atoms with Crippen LogP contribution in [0.2, 0.25) is 0 Å². The van der Waals surface area contributed by atoms with Crippen molar-refractivity contribution >= 4 is 17.5 Å². The average Bonchev–Trinajstić information content (AvgIpc) is 2.73. The van der Waals surface area contributed by atoms with E-state index in [0.29, 0.717) is 0 Å². The van der Waals surface area contributed by atoms with E-state index in [0.717, 1.165) is 22.8 Å². The van der Waals surface area contributed by atoms with Crippen molar-refractivity contribution in [3.63, 3.8) is 0 Å². The van der Waals surface area contributed by atoms with Crippen LogP contribution in [-0.2, 0) is 5.75 Å². The van der Waals surface area contributed by atoms with Gasteiger partial charge in [-0.15, -0.1) is 11.8 Å². The van der Waals surface area contributed by atoms with E-state index in [4.69, 9.17) is 0 Å². The predicted molar refractivity (Wildman–Crippen MR) is 64.0 cm³/mol. The fourth-order valence-electron chi connectivity index (χ4n) is 1.73. The Hall–Kier alpha value is -1.75. The summed E-state index contributed by atoms with van der Waals surface area (Å²) in [6.07, 6.45) is 0. The molecule has 0 atom stereocenters. The monoisotopic (exact) mass is 231 g/mol. The summed E-state index contributed by atoms with van der Waals surface area (Å²) in [4.78, 5) is 11.6. The molecular formula is C11H9N3OS. The molecule has 1 aliphatic heterocycles. The Morgan fingerprint density at radius 1 is 1.31 bits per heavy atom. The number of benzene rings is 1. The van der Waals surface area contributed by atoms with Crippen LogP contribution >= 0.6 is 11.8 Å². The number of thioether (sulfide) groups is 1. The Morgan fingerprint density at radius 3 is 2.94 bits per heavy atom. The first-order valence-corrected chi connectivity index (χ1v) is 5.95. The van der Waals surface area contributed by atoms with Gasteiger partial charge in [-0.3, -0.25) is 0 Å². The molecule has 80 valence electrons. The number of aromatic nitrogens is 3. The molecule has 4 nitrogen and oxygen atoms in total. The third-order valence-electron chi connectivity index (χ3n) is 2.46. The van der Waals surface area contributed by atoms with E-state index in [1.807, 2.05) is 35.7 Å². The Balaban J connectivity index is 2.20. The first kappa shape index (κ1) is 9.47. The van der Waals surface area contributed by atoms with Crippen LogP contribution in [0.4, 0.5) is 0 Å². The Kier molecular flexibility index (Phi) is 2.18. The van der Waals surface area contributed by atoms with Gasteiger partial charge in [-0.2, -0.15) is 5.10 Å². The number of nitrogens with one attached hydrogen (secondary N) is 1. The molecule has 0 bridgehead atoms. The summed E-state index contributed by atoms with van der Waals surface area (Å²) in [7, 11) is 0. The minimum atomic E-state index is -0.176. The molecule has 2 heterocycles. The topological polar surface area (TPSA) is 50.7 Å². The normalized spacial score (nSPS) is 14.4. The van der Waals surface area contributed by atoms with Gasteiger partial charge in [-0.25, -0.2) is 14.5 Å². The fourth-order valence-corrected chi connectivity index (χ4v) is 2.55. The minimum Gasteiger partial charge on any atom is -0.246 e. The van der Waals surface area contributed by atoms with Crippen molar-refractivity contribution in [3.05, 3.63) is 57.6 Å². The Labute approximate surface area is 96.0 Å². The maximum absolute atomic E-state index is 11.6. The van der Waals surface area contributed by atoms with Gasteiger partial charge in [0, 0.05) is 0 Å². The molecule has 0 spiro atoms. The van der Waals surface area contributed by atoms with Crippen LogP contribution in [0, 0.1) is 0 Å². The third kappa shape index (κ3) is 1.40. The molecular weight excluding hydrogens is 222 g/mol. The highest BCUT2D eigenvalue weighted by atomic mass is 32.2. The van der Waals surface area contributed by atoms with Gasteiger partial charge in [0.1, 0.15) is 5.82 Å². The molecule has 1 N–H and O–H groups in total. The number of nitrogens with zero attached hydrogens (tertiary/aromatic N) is 2. The molecule has 2 aromatic rings. The van der Waals surface area contributed by atoms with Gasteiger partial charge < -0.3 is 0 Å². The Bertz CT molecular complexity index is 597. The summed E-state index contributed by atoms with van der Waals surface area (Å²) in [5, 5.41) is 8.48. The zero-order valence-electron chi connectivity index (χ0n) is 8.38. The van der Waals surface area contributed by atoms with E-state index in [1.165, 1.54) is 0 Å². The highest BCUT2D eigenvalue weighted by molar-refractivity contribution is 8.01. The van der Waals surface area contributed by atoms with Gasteiger partial charge in [0.15, 0.2) is 0 Å². The molecule has 5 heteroatoms. The zero-order valence-corrected chi connectivity index (χ0v) is 9.20. The zero-order chi connectivity index (χ0) is 11.0. The lowest BCUT2D eigenvalue weighted by molar-refractivity contribution is 0.952. The molecule has 1 aromatic carbocycles. The molecule has 1 aromatic heterocycles. The standard InChI is InChI=1S/C11H9N3OS/c15-11-13-12-10-7-16-6-9(14(10)11)8-4-2-1-3-5-8/h1-6H,7H2,(H,13,15). The number of fused-ring (bicyclic) bond motifs is 1. The van der Waals surface area contributed by atoms with E-state index in [9.17, 15) is 4.79 Å². The van der Waals surface area contributed by atoms with Gasteiger partial charge in [-0.05, 0) is 11.0 Å². The summed E-state index contributed by atoms with van der Waals surface area (Å²) in [6, 6.07) is 9.85. The Morgan fingerprint density at radius 2 is 2.12 bits per heavy atom. The summed E-state index contributed by atoms with van der Waals surface area (Å²) in [6.45, 7) is 0. The van der Waals surface area contributed by atoms with Crippen LogP contribution in [0.1, 0.15) is 11.4 Å². The van der Waals surface area contributed by atoms with Crippen LogP contribution in [0.3, 0.4) is 0 Å². The van der Waals surface area contributed by atoms with Crippen molar-refractivity contribution in [1.82, 2.24) is 14.8 Å². The number of hydrogen-bond donors (Lipinski definition) is 1. The van der Waals surface area contributed by atoms with Gasteiger partial charge in [0.2, 0.25) is 0 Å². The van der Waals surface area contributed by atoms with Crippen LogP contribution < -0.4 is 5.69 Å². The van der Waals surface area contributed by atoms with Gasteiger partial charge in [0.25, 0.3) is 0 Å². The molecule has 0 saturated heterocycles. The number of rotatable bonds is 1. The summed E-state index contributed by atoms with van der Waals surface area (Å²) in [5.41, 5.74) is 1.75. The predicted octanol–water partition coefficient (Wildman–Crippen LogP) is 1.66. The van der Waals surface area contributed by atoms with Crippen LogP contribution in [0.5, 0.6) is 0 Å². The van der Waals surface area contributed by atoms with Crippen molar-refractivity contribution in [3.8, 4) is 0 Å². The lowest BCUT2D eigenvalue weighted by Crippen LogP contribution is -2.20. The molecule has 0 amide bonds. The molecule has 0 aliphatic carbocycles. The summed E-state index contributed by atoms with van der Waals surface area (Å²) < 4.78 is 1.63. The van der Waals surface area contributed by atoms with E-state index >= 15 is 0 Å². The van der Waals surface area contributed by atoms with Crippen molar-refractivity contribution < 1.29 is 0 Å². The fraction of sp³-hybridized carbons (Fsp3) is 0.0909. The van der Waals surface area contributed by atoms with E-state index in [1.54, 1.807) is 16.3 Å². The molecule has 0 fully saturated rings. The van der Waals surface area contributed by atoms with Gasteiger partial charge in [-0.1, -0.05) is 30.3 Å². The van der Waals surface area contributed by atoms with Crippen molar-refractivity contribution in [2.45, 2.75) is 5.75 Å². The first-order chi connectivity index (χ1) is 7.86. The van der Waals surface area contributed by atoms with Crippen LogP contribution in [-0.4, -0.2) is 14.8 Å². The lowest BCUT2D eigenvalue weighted by atomic mass is 10.2. The highest BCUT2D eigenvalue weighted by Crippen LogP contribution is 2.27. The summed E-state index contributed by atoms with van der Waals surface area (Å²) in [5.74, 6) is 1.51. The second kappa shape index (κ2) is 3.68. The molecule has 3 rings (SSSR count). The smallest absolute Gasteiger partial charge is 0.246 e. The van der Waals surface area contributed by atoms with Gasteiger partial charge >= 0.3 is 5.69 Å². The molecule has 1 aliphatic rings. The maximum Gasteiger partial charge on any atom is 0.348 e. The van der Waals surface area contributed by atoms with E-state index in [2.05, 4.69) is 10.2 Å². The molecule has 0 radical (unpaired) electrons. The quantitative estimate of drug-likeness (QED) is 0.812. The van der Waals surface area contributed by atoms with Crippen LogP contribution in [0.15, 0.2) is 40.5 Å². The van der Waals surface area contributed by atoms with Gasteiger partial charge in [0.05, 0.1) is 11.4 Å². The first-order valence-electron chi connectivity index (χ1n) is 4.90. The van der Waals surface area contributed by atoms with Crippen molar-refractivity contribution in [2.24, 2.45) is 0 Å². The van der Waals surface area contributed by atoms with E-state index < -0.39 is 0 Å². The highest BCUT2D eigenvalue weighted by Gasteiger charge is 2.17. The number of hydrogen-bond acceptors (Lipinski definition) is 3. The SMILES string of the molecule is O=c1[nH]nc2n1C(c1ccccc1)=CSC2. The van der Waals surface area contributed by atoms with Crippen LogP contribution in [0.25, 0.3) is 5.70 Å². The third-order valence-corrected chi connectivity index (χ3v) is 3.27. The number of H-pyrrole nitrogens is 1. The molecule has 16 heavy (non-hydrogen) atoms. The van der Waals surface area contributed by atoms with Crippen molar-refractivity contribution in [1.29, 1.82) is 0 Å². The second-order valence-electron chi connectivity index (χ2n) is 3.46. The van der Waals surface area contributed by atoms with E-state index in [-0.39, 0.29) is 5.69 Å². The molecule has 0 unspecified atom stereocenters. The maximum atomic E-state index is 11.6. The summed E-state index contributed by atoms with van der Waals surface area (Å²) >= 11 is 1.65. The molecule has 0 saturated carbocycles. The minimum absolute atomic E-state index is 0.176. The average molecular weight is 231 g/mol. The van der Waals surface area contributed by atoms with Crippen molar-refractivity contribution in [2.75, 3.05) is 0 Å². The largest absolute Gasteiger partial charge is 0.348 e. The number of aromatic amines is 1. The lowest BCUT2D eigenvalue weighted by Gasteiger charge is -2.14.